The van der Waals surface area contributed by atoms with Crippen molar-refractivity contribution in [2.75, 3.05) is 25.5 Å². The summed E-state index contributed by atoms with van der Waals surface area (Å²) in [5.41, 5.74) is 1.47. The molecule has 0 spiro atoms. The molecule has 34 heavy (non-hydrogen) atoms. The number of likely N-dealkylation sites (tertiary alicyclic amines) is 1. The summed E-state index contributed by atoms with van der Waals surface area (Å²) >= 11 is 1.34. The maximum absolute atomic E-state index is 13.2. The summed E-state index contributed by atoms with van der Waals surface area (Å²) in [5, 5.41) is 12.1. The lowest BCUT2D eigenvalue weighted by Gasteiger charge is -2.32. The SMILES string of the molecule is COc1ccc(-n2c(S[C@H](C)C(=O)Nc3ccc(F)cc3)nnc2[C@H](C)N2CCCCC2)cc1. The maximum Gasteiger partial charge on any atom is 0.237 e. The van der Waals surface area contributed by atoms with E-state index < -0.39 is 5.25 Å². The third-order valence-corrected chi connectivity index (χ3v) is 7.11. The number of nitrogens with zero attached hydrogens (tertiary/aromatic N) is 4. The highest BCUT2D eigenvalue weighted by molar-refractivity contribution is 8.00. The predicted octanol–water partition coefficient (Wildman–Crippen LogP) is 5.08. The van der Waals surface area contributed by atoms with E-state index in [1.807, 2.05) is 35.8 Å². The van der Waals surface area contributed by atoms with Crippen molar-refractivity contribution < 1.29 is 13.9 Å². The predicted molar refractivity (Wildman–Crippen MR) is 132 cm³/mol. The lowest BCUT2D eigenvalue weighted by Crippen LogP contribution is -2.33. The van der Waals surface area contributed by atoms with Gasteiger partial charge in [0.1, 0.15) is 11.6 Å². The van der Waals surface area contributed by atoms with Gasteiger partial charge in [-0.3, -0.25) is 14.3 Å². The van der Waals surface area contributed by atoms with Gasteiger partial charge in [0, 0.05) is 11.4 Å². The molecule has 1 saturated heterocycles. The van der Waals surface area contributed by atoms with Crippen LogP contribution in [0.5, 0.6) is 5.75 Å². The smallest absolute Gasteiger partial charge is 0.237 e. The molecule has 3 aromatic rings. The summed E-state index contributed by atoms with van der Waals surface area (Å²) < 4.78 is 20.5. The van der Waals surface area contributed by atoms with Crippen LogP contribution in [0.2, 0.25) is 0 Å². The number of carbonyl (C=O) groups excluding carboxylic acids is 1. The number of carbonyl (C=O) groups is 1. The van der Waals surface area contributed by atoms with Gasteiger partial charge in [-0.1, -0.05) is 18.2 Å². The molecule has 2 aromatic carbocycles. The van der Waals surface area contributed by atoms with Crippen LogP contribution in [-0.2, 0) is 4.79 Å². The summed E-state index contributed by atoms with van der Waals surface area (Å²) in [6.45, 7) is 6.06. The Morgan fingerprint density at radius 2 is 1.71 bits per heavy atom. The molecule has 180 valence electrons. The minimum absolute atomic E-state index is 0.0904. The third-order valence-electron chi connectivity index (χ3n) is 6.06. The first-order chi connectivity index (χ1) is 16.5. The van der Waals surface area contributed by atoms with E-state index in [1.165, 1.54) is 43.2 Å². The zero-order valence-electron chi connectivity index (χ0n) is 19.7. The van der Waals surface area contributed by atoms with Crippen LogP contribution in [0.15, 0.2) is 53.7 Å². The molecule has 0 radical (unpaired) electrons. The van der Waals surface area contributed by atoms with Crippen molar-refractivity contribution in [3.8, 4) is 11.4 Å². The van der Waals surface area contributed by atoms with E-state index in [-0.39, 0.29) is 17.8 Å². The maximum atomic E-state index is 13.2. The lowest BCUT2D eigenvalue weighted by atomic mass is 10.1. The molecule has 0 bridgehead atoms. The molecular weight excluding hydrogens is 453 g/mol. The Bertz CT molecular complexity index is 1100. The quantitative estimate of drug-likeness (QED) is 0.451. The Balaban J connectivity index is 1.59. The average Bonchev–Trinajstić information content (AvgIpc) is 3.28. The number of benzene rings is 2. The number of halogens is 1. The molecular formula is C25H30FN5O2S. The van der Waals surface area contributed by atoms with E-state index in [0.29, 0.717) is 10.8 Å². The highest BCUT2D eigenvalue weighted by atomic mass is 32.2. The zero-order valence-corrected chi connectivity index (χ0v) is 20.5. The average molecular weight is 484 g/mol. The van der Waals surface area contributed by atoms with Crippen LogP contribution in [0.4, 0.5) is 10.1 Å². The van der Waals surface area contributed by atoms with Gasteiger partial charge in [-0.2, -0.15) is 0 Å². The normalized spacial score (nSPS) is 16.1. The van der Waals surface area contributed by atoms with E-state index in [2.05, 4.69) is 27.3 Å². The summed E-state index contributed by atoms with van der Waals surface area (Å²) in [5.74, 6) is 1.08. The first-order valence-corrected chi connectivity index (χ1v) is 12.4. The molecule has 0 aliphatic carbocycles. The van der Waals surface area contributed by atoms with Gasteiger partial charge in [0.2, 0.25) is 5.91 Å². The van der Waals surface area contributed by atoms with Crippen LogP contribution < -0.4 is 10.1 Å². The highest BCUT2D eigenvalue weighted by Gasteiger charge is 2.27. The number of nitrogens with one attached hydrogen (secondary N) is 1. The van der Waals surface area contributed by atoms with E-state index in [1.54, 1.807) is 19.2 Å². The van der Waals surface area contributed by atoms with Gasteiger partial charge < -0.3 is 10.1 Å². The molecule has 1 fully saturated rings. The fourth-order valence-corrected chi connectivity index (χ4v) is 4.93. The first kappa shape index (κ1) is 24.2. The molecule has 4 rings (SSSR count). The summed E-state index contributed by atoms with van der Waals surface area (Å²) in [7, 11) is 1.64. The summed E-state index contributed by atoms with van der Waals surface area (Å²) in [6, 6.07) is 13.6. The van der Waals surface area contributed by atoms with Crippen molar-refractivity contribution in [2.45, 2.75) is 49.6 Å². The van der Waals surface area contributed by atoms with Crippen LogP contribution in [0.3, 0.4) is 0 Å². The lowest BCUT2D eigenvalue weighted by molar-refractivity contribution is -0.115. The van der Waals surface area contributed by atoms with Gasteiger partial charge in [0.25, 0.3) is 0 Å². The molecule has 0 saturated carbocycles. The molecule has 1 amide bonds. The number of aromatic nitrogens is 3. The van der Waals surface area contributed by atoms with Gasteiger partial charge in [0.15, 0.2) is 11.0 Å². The Labute approximate surface area is 203 Å². The fourth-order valence-electron chi connectivity index (χ4n) is 4.06. The summed E-state index contributed by atoms with van der Waals surface area (Å²) in [6.07, 6.45) is 3.63. The Morgan fingerprint density at radius 3 is 2.35 bits per heavy atom. The van der Waals surface area contributed by atoms with Crippen LogP contribution in [0.1, 0.15) is 45.0 Å². The van der Waals surface area contributed by atoms with E-state index >= 15 is 0 Å². The summed E-state index contributed by atoms with van der Waals surface area (Å²) in [4.78, 5) is 15.3. The minimum Gasteiger partial charge on any atom is -0.497 e. The second-order valence-corrected chi connectivity index (χ2v) is 9.71. The number of amides is 1. The van der Waals surface area contributed by atoms with Crippen molar-refractivity contribution in [1.29, 1.82) is 0 Å². The van der Waals surface area contributed by atoms with Crippen LogP contribution in [-0.4, -0.2) is 51.0 Å². The molecule has 1 aliphatic heterocycles. The molecule has 1 N–H and O–H groups in total. The van der Waals surface area contributed by atoms with Crippen LogP contribution in [0, 0.1) is 5.82 Å². The number of thioether (sulfide) groups is 1. The number of rotatable bonds is 8. The number of anilines is 1. The van der Waals surface area contributed by atoms with Gasteiger partial charge in [-0.25, -0.2) is 4.39 Å². The topological polar surface area (TPSA) is 72.3 Å². The first-order valence-electron chi connectivity index (χ1n) is 11.5. The second-order valence-electron chi connectivity index (χ2n) is 8.40. The van der Waals surface area contributed by atoms with E-state index in [0.717, 1.165) is 30.4 Å². The number of hydrogen-bond donors (Lipinski definition) is 1. The molecule has 2 atom stereocenters. The molecule has 2 heterocycles. The zero-order chi connectivity index (χ0) is 24.1. The molecule has 0 unspecified atom stereocenters. The largest absolute Gasteiger partial charge is 0.497 e. The van der Waals surface area contributed by atoms with Crippen molar-refractivity contribution in [1.82, 2.24) is 19.7 Å². The van der Waals surface area contributed by atoms with Crippen molar-refractivity contribution in [3.63, 3.8) is 0 Å². The number of piperidine rings is 1. The Hall–Kier alpha value is -2.91. The molecule has 7 nitrogen and oxygen atoms in total. The Morgan fingerprint density at radius 1 is 1.03 bits per heavy atom. The molecule has 1 aromatic heterocycles. The van der Waals surface area contributed by atoms with E-state index in [4.69, 9.17) is 4.74 Å². The van der Waals surface area contributed by atoms with Gasteiger partial charge >= 0.3 is 0 Å². The highest BCUT2D eigenvalue weighted by Crippen LogP contribution is 2.32. The van der Waals surface area contributed by atoms with Crippen LogP contribution >= 0.6 is 11.8 Å². The van der Waals surface area contributed by atoms with Crippen molar-refractivity contribution in [2.24, 2.45) is 0 Å². The Kier molecular flexibility index (Phi) is 7.84. The van der Waals surface area contributed by atoms with Crippen LogP contribution in [0.25, 0.3) is 5.69 Å². The minimum atomic E-state index is -0.440. The number of methoxy groups -OCH3 is 1. The second kappa shape index (κ2) is 11.0. The standard InChI is InChI=1S/C25H30FN5O2S/c1-17(30-15-5-4-6-16-30)23-28-29-25(31(23)21-11-13-22(33-3)14-12-21)34-18(2)24(32)27-20-9-7-19(26)8-10-20/h7-14,17-18H,4-6,15-16H2,1-3H3,(H,27,32)/t17-,18+/m0/s1. The van der Waals surface area contributed by atoms with Gasteiger partial charge in [-0.15, -0.1) is 10.2 Å². The fraction of sp³-hybridized carbons (Fsp3) is 0.400. The number of ether oxygens (including phenoxy) is 1. The molecule has 9 heteroatoms. The van der Waals surface area contributed by atoms with Crippen molar-refractivity contribution in [3.05, 3.63) is 60.2 Å². The van der Waals surface area contributed by atoms with Gasteiger partial charge in [0.05, 0.1) is 18.4 Å². The number of hydrogen-bond acceptors (Lipinski definition) is 6. The molecule has 1 aliphatic rings. The van der Waals surface area contributed by atoms with Gasteiger partial charge in [-0.05, 0) is 88.3 Å². The van der Waals surface area contributed by atoms with Crippen molar-refractivity contribution >= 4 is 23.4 Å². The third kappa shape index (κ3) is 5.59. The monoisotopic (exact) mass is 483 g/mol. The van der Waals surface area contributed by atoms with E-state index in [9.17, 15) is 9.18 Å².